The monoisotopic (exact) mass is 361 g/mol. The summed E-state index contributed by atoms with van der Waals surface area (Å²) in [6.07, 6.45) is 0. The van der Waals surface area contributed by atoms with E-state index in [1.165, 1.54) is 0 Å². The van der Waals surface area contributed by atoms with Gasteiger partial charge in [-0.05, 0) is 49.7 Å². The summed E-state index contributed by atoms with van der Waals surface area (Å²) in [5.74, 6) is -0.161. The Hall–Kier alpha value is -2.53. The van der Waals surface area contributed by atoms with Gasteiger partial charge in [0, 0.05) is 36.4 Å². The first kappa shape index (κ1) is 20.5. The standard InChI is InChI=1S/C19H23N3O2.ClH/c1-13(2)22(14(3)23)12-15-7-9-18(10-8-15)21-19(24)16-5-4-6-17(20)11-16;/h4-11,13H,12,20H2,1-3H3,(H,21,24);1H. The molecule has 0 unspecified atom stereocenters. The van der Waals surface area contributed by atoms with E-state index in [0.29, 0.717) is 23.5 Å². The van der Waals surface area contributed by atoms with E-state index in [0.717, 1.165) is 5.56 Å². The van der Waals surface area contributed by atoms with E-state index in [1.54, 1.807) is 36.1 Å². The van der Waals surface area contributed by atoms with Gasteiger partial charge in [0.15, 0.2) is 0 Å². The fourth-order valence-electron chi connectivity index (χ4n) is 2.43. The largest absolute Gasteiger partial charge is 0.399 e. The molecule has 2 aromatic rings. The number of halogens is 1. The number of nitrogens with two attached hydrogens (primary N) is 1. The molecule has 0 saturated carbocycles. The molecule has 0 saturated heterocycles. The second-order valence-electron chi connectivity index (χ2n) is 6.02. The predicted octanol–water partition coefficient (Wildman–Crippen LogP) is 3.70. The SMILES string of the molecule is CC(=O)N(Cc1ccc(NC(=O)c2cccc(N)c2)cc1)C(C)C.Cl. The van der Waals surface area contributed by atoms with Gasteiger partial charge in [0.05, 0.1) is 0 Å². The molecular formula is C19H24ClN3O2. The molecule has 5 nitrogen and oxygen atoms in total. The van der Waals surface area contributed by atoms with Gasteiger partial charge >= 0.3 is 0 Å². The minimum absolute atomic E-state index is 0. The number of hydrogen-bond donors (Lipinski definition) is 2. The average Bonchev–Trinajstić information content (AvgIpc) is 2.53. The molecule has 25 heavy (non-hydrogen) atoms. The maximum Gasteiger partial charge on any atom is 0.255 e. The second-order valence-corrected chi connectivity index (χ2v) is 6.02. The number of carbonyl (C=O) groups is 2. The topological polar surface area (TPSA) is 75.4 Å². The molecule has 0 atom stereocenters. The third-order valence-electron chi connectivity index (χ3n) is 3.74. The molecular weight excluding hydrogens is 338 g/mol. The van der Waals surface area contributed by atoms with Crippen molar-refractivity contribution >= 4 is 35.6 Å². The summed E-state index contributed by atoms with van der Waals surface area (Å²) in [4.78, 5) is 25.6. The van der Waals surface area contributed by atoms with Crippen LogP contribution < -0.4 is 11.1 Å². The van der Waals surface area contributed by atoms with Crippen molar-refractivity contribution in [1.29, 1.82) is 0 Å². The van der Waals surface area contributed by atoms with E-state index < -0.39 is 0 Å². The van der Waals surface area contributed by atoms with Crippen molar-refractivity contribution in [3.05, 3.63) is 59.7 Å². The predicted molar refractivity (Wildman–Crippen MR) is 104 cm³/mol. The molecule has 2 rings (SSSR count). The van der Waals surface area contributed by atoms with Gasteiger partial charge in [0.2, 0.25) is 5.91 Å². The summed E-state index contributed by atoms with van der Waals surface area (Å²) in [6.45, 7) is 6.10. The lowest BCUT2D eigenvalue weighted by atomic mass is 10.1. The lowest BCUT2D eigenvalue weighted by Crippen LogP contribution is -2.34. The van der Waals surface area contributed by atoms with Gasteiger partial charge < -0.3 is 16.0 Å². The van der Waals surface area contributed by atoms with Gasteiger partial charge in [0.1, 0.15) is 0 Å². The van der Waals surface area contributed by atoms with E-state index in [4.69, 9.17) is 5.73 Å². The van der Waals surface area contributed by atoms with Crippen molar-refractivity contribution in [1.82, 2.24) is 4.90 Å². The zero-order valence-corrected chi connectivity index (χ0v) is 15.5. The Bertz CT molecular complexity index is 730. The fraction of sp³-hybridized carbons (Fsp3) is 0.263. The number of nitrogens with one attached hydrogen (secondary N) is 1. The lowest BCUT2D eigenvalue weighted by Gasteiger charge is -2.25. The second kappa shape index (κ2) is 9.08. The number of amides is 2. The minimum Gasteiger partial charge on any atom is -0.399 e. The van der Waals surface area contributed by atoms with Crippen molar-refractivity contribution in [2.75, 3.05) is 11.1 Å². The molecule has 0 heterocycles. The average molecular weight is 362 g/mol. The molecule has 0 aliphatic carbocycles. The molecule has 0 aromatic heterocycles. The molecule has 0 radical (unpaired) electrons. The minimum atomic E-state index is -0.206. The van der Waals surface area contributed by atoms with Gasteiger partial charge in [-0.2, -0.15) is 0 Å². The van der Waals surface area contributed by atoms with Crippen LogP contribution in [0.2, 0.25) is 0 Å². The van der Waals surface area contributed by atoms with Crippen LogP contribution in [0.15, 0.2) is 48.5 Å². The number of rotatable bonds is 5. The highest BCUT2D eigenvalue weighted by Gasteiger charge is 2.13. The Kier molecular flexibility index (Phi) is 7.45. The highest BCUT2D eigenvalue weighted by molar-refractivity contribution is 6.04. The zero-order valence-electron chi connectivity index (χ0n) is 14.7. The summed E-state index contributed by atoms with van der Waals surface area (Å²) in [5, 5.41) is 2.84. The van der Waals surface area contributed by atoms with Crippen LogP contribution in [0.5, 0.6) is 0 Å². The Morgan fingerprint density at radius 3 is 2.28 bits per heavy atom. The van der Waals surface area contributed by atoms with Crippen molar-refractivity contribution < 1.29 is 9.59 Å². The van der Waals surface area contributed by atoms with Crippen LogP contribution in [0.3, 0.4) is 0 Å². The molecule has 2 amide bonds. The molecule has 0 aliphatic heterocycles. The maximum absolute atomic E-state index is 12.2. The summed E-state index contributed by atoms with van der Waals surface area (Å²) in [5.41, 5.74) is 8.47. The number of hydrogen-bond acceptors (Lipinski definition) is 3. The normalized spacial score (nSPS) is 10.1. The van der Waals surface area contributed by atoms with Crippen LogP contribution in [0.1, 0.15) is 36.7 Å². The third kappa shape index (κ3) is 5.80. The summed E-state index contributed by atoms with van der Waals surface area (Å²) < 4.78 is 0. The first-order chi connectivity index (χ1) is 11.4. The summed E-state index contributed by atoms with van der Waals surface area (Å²) in [7, 11) is 0. The van der Waals surface area contributed by atoms with Gasteiger partial charge in [-0.1, -0.05) is 18.2 Å². The Morgan fingerprint density at radius 2 is 1.76 bits per heavy atom. The molecule has 0 spiro atoms. The van der Waals surface area contributed by atoms with Crippen LogP contribution >= 0.6 is 12.4 Å². The number of carbonyl (C=O) groups excluding carboxylic acids is 2. The Morgan fingerprint density at radius 1 is 1.12 bits per heavy atom. The van der Waals surface area contributed by atoms with Crippen LogP contribution in [0, 0.1) is 0 Å². The van der Waals surface area contributed by atoms with Crippen LogP contribution in [0.4, 0.5) is 11.4 Å². The molecule has 0 bridgehead atoms. The molecule has 0 fully saturated rings. The van der Waals surface area contributed by atoms with Crippen LogP contribution in [-0.2, 0) is 11.3 Å². The van der Waals surface area contributed by atoms with Gasteiger partial charge in [-0.15, -0.1) is 12.4 Å². The highest BCUT2D eigenvalue weighted by atomic mass is 35.5. The first-order valence-electron chi connectivity index (χ1n) is 7.90. The van der Waals surface area contributed by atoms with Crippen molar-refractivity contribution in [3.63, 3.8) is 0 Å². The van der Waals surface area contributed by atoms with E-state index in [1.807, 2.05) is 38.1 Å². The lowest BCUT2D eigenvalue weighted by molar-refractivity contribution is -0.131. The molecule has 134 valence electrons. The van der Waals surface area contributed by atoms with Crippen molar-refractivity contribution in [3.8, 4) is 0 Å². The van der Waals surface area contributed by atoms with Crippen molar-refractivity contribution in [2.45, 2.75) is 33.4 Å². The number of benzene rings is 2. The number of nitrogens with zero attached hydrogens (tertiary/aromatic N) is 1. The molecule has 0 aliphatic rings. The van der Waals surface area contributed by atoms with Gasteiger partial charge in [-0.3, -0.25) is 9.59 Å². The number of anilines is 2. The maximum atomic E-state index is 12.2. The molecule has 3 N–H and O–H groups in total. The summed E-state index contributed by atoms with van der Waals surface area (Å²) in [6, 6.07) is 14.5. The van der Waals surface area contributed by atoms with Crippen molar-refractivity contribution in [2.24, 2.45) is 0 Å². The van der Waals surface area contributed by atoms with Crippen LogP contribution in [-0.4, -0.2) is 22.8 Å². The van der Waals surface area contributed by atoms with Gasteiger partial charge in [0.25, 0.3) is 5.91 Å². The molecule has 6 heteroatoms. The van der Waals surface area contributed by atoms with Crippen LogP contribution in [0.25, 0.3) is 0 Å². The highest BCUT2D eigenvalue weighted by Crippen LogP contribution is 2.15. The van der Waals surface area contributed by atoms with E-state index in [9.17, 15) is 9.59 Å². The van der Waals surface area contributed by atoms with Gasteiger partial charge in [-0.25, -0.2) is 0 Å². The Balaban J connectivity index is 0.00000312. The number of nitrogen functional groups attached to an aromatic ring is 1. The Labute approximate surface area is 154 Å². The third-order valence-corrected chi connectivity index (χ3v) is 3.74. The van der Waals surface area contributed by atoms with E-state index in [2.05, 4.69) is 5.32 Å². The molecule has 2 aromatic carbocycles. The zero-order chi connectivity index (χ0) is 17.7. The smallest absolute Gasteiger partial charge is 0.255 e. The first-order valence-corrected chi connectivity index (χ1v) is 7.90. The summed E-state index contributed by atoms with van der Waals surface area (Å²) >= 11 is 0. The fourth-order valence-corrected chi connectivity index (χ4v) is 2.43. The van der Waals surface area contributed by atoms with E-state index in [-0.39, 0.29) is 30.3 Å². The quantitative estimate of drug-likeness (QED) is 0.797. The van der Waals surface area contributed by atoms with E-state index >= 15 is 0 Å².